The molecule has 2 heterocycles. The number of nitrogens with zero attached hydrogens (tertiary/aromatic N) is 3. The van der Waals surface area contributed by atoms with Gasteiger partial charge in [-0.2, -0.15) is 0 Å². The number of ether oxygens (including phenoxy) is 2. The predicted molar refractivity (Wildman–Crippen MR) is 100 cm³/mol. The molecule has 1 aromatic heterocycles. The SMILES string of the molecule is COC(=O)N1[C@H](C)C[C@H](N)[C@@H]1CO[C@@H]1CC[C@]2(c3ncc(F)cn3)C(C)=C2C1. The maximum absolute atomic E-state index is 13.2. The van der Waals surface area contributed by atoms with Crippen molar-refractivity contribution < 1.29 is 18.7 Å². The van der Waals surface area contributed by atoms with Crippen molar-refractivity contribution in [3.8, 4) is 0 Å². The van der Waals surface area contributed by atoms with Crippen molar-refractivity contribution in [2.45, 2.75) is 69.2 Å². The first kappa shape index (κ1) is 19.3. The third-order valence-electron chi connectivity index (χ3n) is 6.65. The van der Waals surface area contributed by atoms with Crippen molar-refractivity contribution in [2.75, 3.05) is 13.7 Å². The molecule has 2 fully saturated rings. The molecule has 1 saturated carbocycles. The Morgan fingerprint density at radius 1 is 1.43 bits per heavy atom. The van der Waals surface area contributed by atoms with Crippen LogP contribution < -0.4 is 5.73 Å². The van der Waals surface area contributed by atoms with E-state index in [4.69, 9.17) is 15.2 Å². The van der Waals surface area contributed by atoms with Crippen LogP contribution in [0, 0.1) is 5.82 Å². The van der Waals surface area contributed by atoms with Crippen LogP contribution in [0.5, 0.6) is 0 Å². The summed E-state index contributed by atoms with van der Waals surface area (Å²) in [5, 5.41) is 0. The van der Waals surface area contributed by atoms with Crippen molar-refractivity contribution in [2.24, 2.45) is 5.73 Å². The topological polar surface area (TPSA) is 90.6 Å². The van der Waals surface area contributed by atoms with Crippen molar-refractivity contribution in [3.05, 3.63) is 35.2 Å². The largest absolute Gasteiger partial charge is 0.453 e. The second kappa shape index (κ2) is 7.08. The normalized spacial score (nSPS) is 34.4. The van der Waals surface area contributed by atoms with Crippen molar-refractivity contribution >= 4 is 6.09 Å². The van der Waals surface area contributed by atoms with Crippen LogP contribution in [0.2, 0.25) is 0 Å². The van der Waals surface area contributed by atoms with Gasteiger partial charge in [0, 0.05) is 12.1 Å². The Hall–Kier alpha value is -2.06. The molecule has 1 amide bonds. The first-order valence-corrected chi connectivity index (χ1v) is 9.80. The molecule has 0 bridgehead atoms. The summed E-state index contributed by atoms with van der Waals surface area (Å²) in [5.74, 6) is 0.262. The van der Waals surface area contributed by atoms with Crippen LogP contribution in [0.4, 0.5) is 9.18 Å². The standard InChI is InChI=1S/C20H27FN4O3/c1-11-6-16(22)17(25(11)19(26)27-3)10-28-14-4-5-20(12(2)15(20)7-14)18-23-8-13(21)9-24-18/h8-9,11,14,16-17H,4-7,10,22H2,1-3H3/t11-,14-,16+,17+,20+/m1/s1. The number of methoxy groups -OCH3 is 1. The fraction of sp³-hybridized carbons (Fsp3) is 0.650. The second-order valence-electron chi connectivity index (χ2n) is 8.13. The lowest BCUT2D eigenvalue weighted by molar-refractivity contribution is 0.000683. The fourth-order valence-corrected chi connectivity index (χ4v) is 5.05. The molecule has 5 atom stereocenters. The van der Waals surface area contributed by atoms with Crippen LogP contribution in [0.3, 0.4) is 0 Å². The van der Waals surface area contributed by atoms with Crippen LogP contribution in [0.1, 0.15) is 45.4 Å². The van der Waals surface area contributed by atoms with Crippen LogP contribution in [0.15, 0.2) is 23.5 Å². The third-order valence-corrected chi connectivity index (χ3v) is 6.65. The third kappa shape index (κ3) is 2.99. The lowest BCUT2D eigenvalue weighted by Crippen LogP contribution is -2.48. The summed E-state index contributed by atoms with van der Waals surface area (Å²) in [5.41, 5.74) is 8.61. The van der Waals surface area contributed by atoms with Gasteiger partial charge in [-0.05, 0) is 45.1 Å². The van der Waals surface area contributed by atoms with Crippen molar-refractivity contribution in [1.82, 2.24) is 14.9 Å². The molecule has 0 aromatic carbocycles. The number of hydrogen-bond donors (Lipinski definition) is 1. The highest BCUT2D eigenvalue weighted by molar-refractivity contribution is 5.69. The van der Waals surface area contributed by atoms with Gasteiger partial charge in [0.1, 0.15) is 5.82 Å². The summed E-state index contributed by atoms with van der Waals surface area (Å²) in [6.07, 6.45) is 5.44. The van der Waals surface area contributed by atoms with Gasteiger partial charge >= 0.3 is 6.09 Å². The van der Waals surface area contributed by atoms with Crippen LogP contribution in [-0.2, 0) is 14.9 Å². The minimum atomic E-state index is -0.422. The highest BCUT2D eigenvalue weighted by atomic mass is 19.1. The summed E-state index contributed by atoms with van der Waals surface area (Å²) < 4.78 is 24.3. The molecular weight excluding hydrogens is 363 g/mol. The molecule has 1 aromatic rings. The zero-order valence-corrected chi connectivity index (χ0v) is 16.5. The number of fused-ring (bicyclic) bond motifs is 1. The van der Waals surface area contributed by atoms with Crippen molar-refractivity contribution in [1.29, 1.82) is 0 Å². The Morgan fingerprint density at radius 3 is 2.79 bits per heavy atom. The van der Waals surface area contributed by atoms with E-state index < -0.39 is 5.82 Å². The monoisotopic (exact) mass is 390 g/mol. The number of amides is 1. The van der Waals surface area contributed by atoms with Gasteiger partial charge in [0.05, 0.1) is 43.7 Å². The van der Waals surface area contributed by atoms with E-state index in [0.717, 1.165) is 25.7 Å². The number of nitrogens with two attached hydrogens (primary N) is 1. The molecular formula is C20H27FN4O3. The van der Waals surface area contributed by atoms with Crippen LogP contribution in [-0.4, -0.2) is 58.9 Å². The van der Waals surface area contributed by atoms with E-state index in [9.17, 15) is 9.18 Å². The Kier molecular flexibility index (Phi) is 4.87. The molecule has 4 rings (SSSR count). The zero-order valence-electron chi connectivity index (χ0n) is 16.5. The molecule has 3 aliphatic rings. The number of carbonyl (C=O) groups is 1. The maximum atomic E-state index is 13.2. The summed E-state index contributed by atoms with van der Waals surface area (Å²) in [6, 6.07) is -0.255. The van der Waals surface area contributed by atoms with Crippen molar-refractivity contribution in [3.63, 3.8) is 0 Å². The van der Waals surface area contributed by atoms with Gasteiger partial charge in [0.2, 0.25) is 0 Å². The zero-order chi connectivity index (χ0) is 20.1. The summed E-state index contributed by atoms with van der Waals surface area (Å²) in [6.45, 7) is 4.47. The van der Waals surface area contributed by atoms with Gasteiger partial charge in [-0.1, -0.05) is 5.57 Å². The smallest absolute Gasteiger partial charge is 0.410 e. The average Bonchev–Trinajstić information content (AvgIpc) is 3.17. The van der Waals surface area contributed by atoms with E-state index in [1.165, 1.54) is 30.6 Å². The lowest BCUT2D eigenvalue weighted by Gasteiger charge is -2.32. The van der Waals surface area contributed by atoms with Gasteiger partial charge in [-0.3, -0.25) is 4.90 Å². The molecule has 0 spiro atoms. The number of likely N-dealkylation sites (tertiary alicyclic amines) is 1. The Morgan fingerprint density at radius 2 is 2.14 bits per heavy atom. The quantitative estimate of drug-likeness (QED) is 0.794. The summed E-state index contributed by atoms with van der Waals surface area (Å²) >= 11 is 0. The minimum Gasteiger partial charge on any atom is -0.453 e. The van der Waals surface area contributed by atoms with E-state index in [-0.39, 0.29) is 35.7 Å². The molecule has 1 aliphatic heterocycles. The van der Waals surface area contributed by atoms with E-state index in [2.05, 4.69) is 16.9 Å². The molecule has 28 heavy (non-hydrogen) atoms. The minimum absolute atomic E-state index is 0.0408. The summed E-state index contributed by atoms with van der Waals surface area (Å²) in [7, 11) is 1.39. The molecule has 7 nitrogen and oxygen atoms in total. The molecule has 0 unspecified atom stereocenters. The van der Waals surface area contributed by atoms with Gasteiger partial charge in [-0.25, -0.2) is 19.2 Å². The number of hydrogen-bond acceptors (Lipinski definition) is 6. The number of carbonyl (C=O) groups excluding carboxylic acids is 1. The molecule has 152 valence electrons. The van der Waals surface area contributed by atoms with Gasteiger partial charge in [0.25, 0.3) is 0 Å². The first-order valence-electron chi connectivity index (χ1n) is 9.80. The average molecular weight is 390 g/mol. The second-order valence-corrected chi connectivity index (χ2v) is 8.13. The first-order chi connectivity index (χ1) is 13.4. The number of aromatic nitrogens is 2. The number of allylic oxidation sites excluding steroid dienone is 1. The van der Waals surface area contributed by atoms with Gasteiger partial charge in [0.15, 0.2) is 5.82 Å². The summed E-state index contributed by atoms with van der Waals surface area (Å²) in [4.78, 5) is 22.2. The number of halogens is 1. The lowest BCUT2D eigenvalue weighted by atomic mass is 9.82. The Bertz CT molecular complexity index is 799. The van der Waals surface area contributed by atoms with E-state index in [0.29, 0.717) is 12.4 Å². The highest BCUT2D eigenvalue weighted by Gasteiger charge is 2.56. The highest BCUT2D eigenvalue weighted by Crippen LogP contribution is 2.61. The predicted octanol–water partition coefficient (Wildman–Crippen LogP) is 2.31. The Balaban J connectivity index is 1.38. The van der Waals surface area contributed by atoms with E-state index in [1.807, 2.05) is 6.92 Å². The van der Waals surface area contributed by atoms with Gasteiger partial charge < -0.3 is 15.2 Å². The molecule has 1 saturated heterocycles. The van der Waals surface area contributed by atoms with Crippen LogP contribution >= 0.6 is 0 Å². The maximum Gasteiger partial charge on any atom is 0.410 e. The molecule has 8 heteroatoms. The fourth-order valence-electron chi connectivity index (χ4n) is 5.05. The van der Waals surface area contributed by atoms with E-state index >= 15 is 0 Å². The molecule has 2 N–H and O–H groups in total. The molecule has 2 aliphatic carbocycles. The van der Waals surface area contributed by atoms with Crippen LogP contribution in [0.25, 0.3) is 0 Å². The molecule has 0 radical (unpaired) electrons. The van der Waals surface area contributed by atoms with E-state index in [1.54, 1.807) is 4.90 Å². The Labute approximate surface area is 164 Å². The van der Waals surface area contributed by atoms with Gasteiger partial charge in [-0.15, -0.1) is 0 Å². The number of rotatable bonds is 4.